The molecule has 9 heteroatoms. The molecule has 0 unspecified atom stereocenters. The van der Waals surface area contributed by atoms with Gasteiger partial charge in [0.05, 0.1) is 34.3 Å². The highest BCUT2D eigenvalue weighted by molar-refractivity contribution is 6.36. The molecule has 38 heavy (non-hydrogen) atoms. The molecular formula is C29H25Cl2FN2O4. The van der Waals surface area contributed by atoms with Crippen molar-refractivity contribution in [2.45, 2.75) is 26.4 Å². The summed E-state index contributed by atoms with van der Waals surface area (Å²) in [6.45, 7) is 2.00. The van der Waals surface area contributed by atoms with Crippen molar-refractivity contribution in [3.05, 3.63) is 116 Å². The van der Waals surface area contributed by atoms with Crippen molar-refractivity contribution in [1.82, 2.24) is 9.80 Å². The third-order valence-electron chi connectivity index (χ3n) is 6.02. The largest absolute Gasteiger partial charge is 0.464 e. The Hall–Kier alpha value is -3.68. The molecule has 0 aliphatic heterocycles. The zero-order valence-electron chi connectivity index (χ0n) is 20.6. The van der Waals surface area contributed by atoms with E-state index < -0.39 is 17.6 Å². The Bertz CT molecular complexity index is 1520. The predicted molar refractivity (Wildman–Crippen MR) is 146 cm³/mol. The first-order valence-electron chi connectivity index (χ1n) is 12.0. The second-order valence-corrected chi connectivity index (χ2v) is 9.66. The summed E-state index contributed by atoms with van der Waals surface area (Å²) in [4.78, 5) is 42.9. The van der Waals surface area contributed by atoms with Crippen molar-refractivity contribution in [3.63, 3.8) is 0 Å². The molecule has 3 aromatic carbocycles. The molecule has 0 fully saturated rings. The summed E-state index contributed by atoms with van der Waals surface area (Å²) < 4.78 is 19.1. The molecule has 0 spiro atoms. The molecule has 4 aromatic rings. The van der Waals surface area contributed by atoms with E-state index >= 15 is 0 Å². The first kappa shape index (κ1) is 27.4. The van der Waals surface area contributed by atoms with Crippen LogP contribution in [0.1, 0.15) is 34.8 Å². The van der Waals surface area contributed by atoms with Crippen molar-refractivity contribution in [2.75, 3.05) is 13.1 Å². The number of carbonyl (C=O) groups is 2. The summed E-state index contributed by atoms with van der Waals surface area (Å²) in [6.07, 6.45) is 1.95. The van der Waals surface area contributed by atoms with Crippen molar-refractivity contribution in [2.24, 2.45) is 0 Å². The SMILES string of the molecule is CCCN(CC(=O)N(Cc1ccc(F)cc1)Cc1coc2ccccc2c1=O)C(=O)c1ccc(Cl)cc1Cl. The third-order valence-corrected chi connectivity index (χ3v) is 6.57. The molecular weight excluding hydrogens is 530 g/mol. The van der Waals surface area contributed by atoms with Gasteiger partial charge in [-0.3, -0.25) is 14.4 Å². The van der Waals surface area contributed by atoms with Crippen molar-refractivity contribution >= 4 is 46.0 Å². The molecule has 0 saturated carbocycles. The number of rotatable bonds is 9. The van der Waals surface area contributed by atoms with Crippen molar-refractivity contribution in [1.29, 1.82) is 0 Å². The fraction of sp³-hybridized carbons (Fsp3) is 0.207. The number of carbonyl (C=O) groups excluding carboxylic acids is 2. The summed E-state index contributed by atoms with van der Waals surface area (Å²) in [5, 5.41) is 0.983. The topological polar surface area (TPSA) is 70.8 Å². The molecule has 1 heterocycles. The summed E-state index contributed by atoms with van der Waals surface area (Å²) in [5.41, 5.74) is 1.38. The molecule has 0 aliphatic carbocycles. The van der Waals surface area contributed by atoms with Gasteiger partial charge in [-0.05, 0) is 54.4 Å². The molecule has 1 aromatic heterocycles. The van der Waals surface area contributed by atoms with Crippen molar-refractivity contribution < 1.29 is 18.4 Å². The summed E-state index contributed by atoms with van der Waals surface area (Å²) >= 11 is 12.2. The van der Waals surface area contributed by atoms with Gasteiger partial charge in [0.25, 0.3) is 5.91 Å². The van der Waals surface area contributed by atoms with Crippen LogP contribution in [0.5, 0.6) is 0 Å². The Morgan fingerprint density at radius 2 is 1.68 bits per heavy atom. The molecule has 196 valence electrons. The molecule has 2 amide bonds. The highest BCUT2D eigenvalue weighted by atomic mass is 35.5. The van der Waals surface area contributed by atoms with E-state index in [0.29, 0.717) is 34.5 Å². The lowest BCUT2D eigenvalue weighted by Gasteiger charge is -2.28. The number of fused-ring (bicyclic) bond motifs is 1. The Morgan fingerprint density at radius 1 is 0.947 bits per heavy atom. The van der Waals surface area contributed by atoms with Gasteiger partial charge in [-0.15, -0.1) is 0 Å². The number of amides is 2. The lowest BCUT2D eigenvalue weighted by Crippen LogP contribution is -2.43. The average Bonchev–Trinajstić information content (AvgIpc) is 2.90. The highest BCUT2D eigenvalue weighted by Crippen LogP contribution is 2.23. The number of halogens is 3. The number of benzene rings is 3. The fourth-order valence-electron chi connectivity index (χ4n) is 4.09. The molecule has 0 atom stereocenters. The van der Waals surface area contributed by atoms with Crippen LogP contribution < -0.4 is 5.43 Å². The van der Waals surface area contributed by atoms with Crippen LogP contribution in [0.3, 0.4) is 0 Å². The lowest BCUT2D eigenvalue weighted by atomic mass is 10.1. The van der Waals surface area contributed by atoms with Gasteiger partial charge in [0.15, 0.2) is 5.43 Å². The Morgan fingerprint density at radius 3 is 2.39 bits per heavy atom. The zero-order valence-corrected chi connectivity index (χ0v) is 22.1. The van der Waals surface area contributed by atoms with Crippen LogP contribution in [0.15, 0.2) is 82.2 Å². The standard InChI is InChI=1S/C29H25Cl2FN2O4/c1-2-13-33(29(37)23-12-9-21(30)14-25(23)31)17-27(35)34(15-19-7-10-22(32)11-8-19)16-20-18-38-26-6-4-3-5-24(26)28(20)36/h3-12,14,18H,2,13,15-17H2,1H3. The molecule has 0 bridgehead atoms. The second-order valence-electron chi connectivity index (χ2n) is 8.81. The van der Waals surface area contributed by atoms with Gasteiger partial charge >= 0.3 is 0 Å². The lowest BCUT2D eigenvalue weighted by molar-refractivity contribution is -0.133. The Kier molecular flexibility index (Phi) is 8.81. The maximum absolute atomic E-state index is 13.6. The zero-order chi connectivity index (χ0) is 27.2. The van der Waals surface area contributed by atoms with E-state index in [4.69, 9.17) is 27.6 Å². The first-order chi connectivity index (χ1) is 18.3. The summed E-state index contributed by atoms with van der Waals surface area (Å²) in [6, 6.07) is 17.2. The minimum absolute atomic E-state index is 0.0563. The van der Waals surface area contributed by atoms with Crippen molar-refractivity contribution in [3.8, 4) is 0 Å². The average molecular weight is 555 g/mol. The molecule has 0 N–H and O–H groups in total. The second kappa shape index (κ2) is 12.2. The predicted octanol–water partition coefficient (Wildman–Crippen LogP) is 6.32. The Labute approximate surface area is 229 Å². The molecule has 0 radical (unpaired) electrons. The van der Waals surface area contributed by atoms with E-state index in [0.717, 1.165) is 0 Å². The van der Waals surface area contributed by atoms with Crippen LogP contribution in [-0.2, 0) is 17.9 Å². The smallest absolute Gasteiger partial charge is 0.255 e. The molecule has 6 nitrogen and oxygen atoms in total. The third kappa shape index (κ3) is 6.41. The summed E-state index contributed by atoms with van der Waals surface area (Å²) in [7, 11) is 0. The van der Waals surface area contributed by atoms with Gasteiger partial charge in [-0.1, -0.05) is 54.4 Å². The Balaban J connectivity index is 1.64. The quantitative estimate of drug-likeness (QED) is 0.242. The number of para-hydroxylation sites is 1. The maximum atomic E-state index is 13.6. The first-order valence-corrected chi connectivity index (χ1v) is 12.8. The fourth-order valence-corrected chi connectivity index (χ4v) is 4.58. The minimum Gasteiger partial charge on any atom is -0.464 e. The van der Waals surface area contributed by atoms with Crippen LogP contribution in [0.4, 0.5) is 4.39 Å². The van der Waals surface area contributed by atoms with Gasteiger partial charge in [0, 0.05) is 18.1 Å². The monoisotopic (exact) mass is 554 g/mol. The van der Waals surface area contributed by atoms with Gasteiger partial charge in [0.1, 0.15) is 17.9 Å². The van der Waals surface area contributed by atoms with Crippen LogP contribution in [0.25, 0.3) is 11.0 Å². The molecule has 0 saturated heterocycles. The van der Waals surface area contributed by atoms with Gasteiger partial charge in [-0.2, -0.15) is 0 Å². The van der Waals surface area contributed by atoms with Crippen LogP contribution >= 0.6 is 23.2 Å². The maximum Gasteiger partial charge on any atom is 0.255 e. The minimum atomic E-state index is -0.409. The van der Waals surface area contributed by atoms with E-state index in [-0.39, 0.29) is 41.2 Å². The normalized spacial score (nSPS) is 10.9. The van der Waals surface area contributed by atoms with E-state index in [1.165, 1.54) is 40.3 Å². The van der Waals surface area contributed by atoms with Gasteiger partial charge in [0.2, 0.25) is 5.91 Å². The van der Waals surface area contributed by atoms with E-state index in [1.807, 2.05) is 6.92 Å². The van der Waals surface area contributed by atoms with Gasteiger partial charge in [-0.25, -0.2) is 4.39 Å². The number of hydrogen-bond donors (Lipinski definition) is 0. The van der Waals surface area contributed by atoms with E-state index in [1.54, 1.807) is 42.5 Å². The highest BCUT2D eigenvalue weighted by Gasteiger charge is 2.25. The van der Waals surface area contributed by atoms with Crippen LogP contribution in [-0.4, -0.2) is 34.7 Å². The molecule has 0 aliphatic rings. The molecule has 4 rings (SSSR count). The van der Waals surface area contributed by atoms with Gasteiger partial charge < -0.3 is 14.2 Å². The summed E-state index contributed by atoms with van der Waals surface area (Å²) in [5.74, 6) is -1.20. The van der Waals surface area contributed by atoms with Crippen LogP contribution in [0, 0.1) is 5.82 Å². The van der Waals surface area contributed by atoms with Crippen LogP contribution in [0.2, 0.25) is 10.0 Å². The van der Waals surface area contributed by atoms with E-state index in [2.05, 4.69) is 0 Å². The van der Waals surface area contributed by atoms with E-state index in [9.17, 15) is 18.8 Å². The number of nitrogens with zero attached hydrogens (tertiary/aromatic N) is 2. The number of hydrogen-bond acceptors (Lipinski definition) is 4.